The van der Waals surface area contributed by atoms with E-state index in [9.17, 15) is 4.79 Å². The predicted octanol–water partition coefficient (Wildman–Crippen LogP) is 5.85. The first-order valence-corrected chi connectivity index (χ1v) is 10.2. The van der Waals surface area contributed by atoms with Gasteiger partial charge in [-0.25, -0.2) is 4.79 Å². The smallest absolute Gasteiger partial charge is 0.421 e. The van der Waals surface area contributed by atoms with E-state index in [-0.39, 0.29) is 0 Å². The lowest BCUT2D eigenvalue weighted by Gasteiger charge is -2.32. The molecule has 0 saturated carbocycles. The van der Waals surface area contributed by atoms with Crippen molar-refractivity contribution in [3.8, 4) is 23.8 Å². The van der Waals surface area contributed by atoms with Gasteiger partial charge in [0.05, 0.1) is 12.8 Å². The predicted molar refractivity (Wildman–Crippen MR) is 121 cm³/mol. The van der Waals surface area contributed by atoms with E-state index in [1.54, 1.807) is 31.0 Å². The monoisotopic (exact) mass is 413 g/mol. The fraction of sp³-hybridized carbons (Fsp3) is 0.0800. The third-order valence-corrected chi connectivity index (χ3v) is 5.69. The number of hydrogen-bond acceptors (Lipinski definition) is 4. The molecule has 1 unspecified atom stereocenters. The number of methoxy groups -OCH3 is 1. The van der Waals surface area contributed by atoms with Gasteiger partial charge in [0.25, 0.3) is 0 Å². The number of rotatable bonds is 4. The van der Waals surface area contributed by atoms with E-state index in [0.717, 1.165) is 15.4 Å². The first kappa shape index (κ1) is 19.7. The van der Waals surface area contributed by atoms with Crippen molar-refractivity contribution in [3.05, 3.63) is 90.5 Å². The molecule has 3 aromatic carbocycles. The molecule has 0 radical (unpaired) electrons. The third kappa shape index (κ3) is 4.05. The Morgan fingerprint density at radius 1 is 1.00 bits per heavy atom. The van der Waals surface area contributed by atoms with Crippen LogP contribution in [0.2, 0.25) is 0 Å². The highest BCUT2D eigenvalue weighted by Gasteiger charge is 2.32. The molecule has 0 fully saturated rings. The highest BCUT2D eigenvalue weighted by Crippen LogP contribution is 2.44. The summed E-state index contributed by atoms with van der Waals surface area (Å²) in [5.74, 6) is 3.87. The molecular weight excluding hydrogens is 394 g/mol. The first-order chi connectivity index (χ1) is 14.7. The lowest BCUT2D eigenvalue weighted by Crippen LogP contribution is -2.42. The van der Waals surface area contributed by atoms with Gasteiger partial charge in [0.2, 0.25) is 0 Å². The topological polar surface area (TPSA) is 38.8 Å². The van der Waals surface area contributed by atoms with Gasteiger partial charge in [-0.15, -0.1) is 6.42 Å². The Kier molecular flexibility index (Phi) is 5.78. The number of para-hydroxylation sites is 1. The molecule has 1 aliphatic rings. The molecule has 4 nitrogen and oxygen atoms in total. The van der Waals surface area contributed by atoms with E-state index in [4.69, 9.17) is 15.9 Å². The Balaban J connectivity index is 1.74. The number of nitrogens with zero attached hydrogens (tertiary/aromatic N) is 1. The van der Waals surface area contributed by atoms with Crippen LogP contribution in [0.25, 0.3) is 4.91 Å². The minimum Gasteiger partial charge on any atom is -0.497 e. The van der Waals surface area contributed by atoms with Crippen molar-refractivity contribution in [2.75, 3.05) is 12.0 Å². The van der Waals surface area contributed by atoms with Crippen LogP contribution in [0, 0.1) is 12.3 Å². The van der Waals surface area contributed by atoms with Crippen molar-refractivity contribution in [1.82, 2.24) is 0 Å². The quantitative estimate of drug-likeness (QED) is 0.503. The van der Waals surface area contributed by atoms with Crippen LogP contribution in [-0.4, -0.2) is 19.2 Å². The summed E-state index contributed by atoms with van der Waals surface area (Å²) in [4.78, 5) is 16.6. The van der Waals surface area contributed by atoms with Gasteiger partial charge in [-0.05, 0) is 48.5 Å². The zero-order valence-corrected chi connectivity index (χ0v) is 17.1. The number of benzene rings is 3. The van der Waals surface area contributed by atoms with Crippen molar-refractivity contribution in [3.63, 3.8) is 0 Å². The largest absolute Gasteiger partial charge is 0.497 e. The Morgan fingerprint density at radius 2 is 1.70 bits per heavy atom. The molecule has 0 aromatic heterocycles. The van der Waals surface area contributed by atoms with Crippen LogP contribution in [0.1, 0.15) is 5.56 Å². The number of carbonyl (C=O) groups excluding carboxylic acids is 1. The molecule has 1 aliphatic heterocycles. The summed E-state index contributed by atoms with van der Waals surface area (Å²) in [7, 11) is 1.62. The van der Waals surface area contributed by atoms with Crippen LogP contribution < -0.4 is 14.4 Å². The van der Waals surface area contributed by atoms with E-state index in [0.29, 0.717) is 17.2 Å². The minimum atomic E-state index is -0.576. The summed E-state index contributed by atoms with van der Waals surface area (Å²) in [6.45, 7) is 0. The summed E-state index contributed by atoms with van der Waals surface area (Å²) >= 11 is 1.59. The fourth-order valence-corrected chi connectivity index (χ4v) is 4.20. The van der Waals surface area contributed by atoms with E-state index in [1.807, 2.05) is 72.8 Å². The molecular formula is C25H19NO3S. The summed E-state index contributed by atoms with van der Waals surface area (Å²) in [5.41, 5.74) is 1.54. The summed E-state index contributed by atoms with van der Waals surface area (Å²) in [5, 5.41) is 0. The van der Waals surface area contributed by atoms with Crippen LogP contribution in [0.15, 0.2) is 89.8 Å². The molecule has 0 spiro atoms. The number of ether oxygens (including phenoxy) is 2. The van der Waals surface area contributed by atoms with Gasteiger partial charge in [-0.2, -0.15) is 0 Å². The molecule has 3 aromatic rings. The van der Waals surface area contributed by atoms with Crippen molar-refractivity contribution in [2.45, 2.75) is 10.9 Å². The number of fused-ring (bicyclic) bond motifs is 1. The molecule has 5 heteroatoms. The van der Waals surface area contributed by atoms with Crippen LogP contribution in [-0.2, 0) is 0 Å². The van der Waals surface area contributed by atoms with E-state index < -0.39 is 12.1 Å². The second kappa shape index (κ2) is 8.81. The molecule has 1 heterocycles. The van der Waals surface area contributed by atoms with Crippen molar-refractivity contribution in [2.24, 2.45) is 0 Å². The lowest BCUT2D eigenvalue weighted by atomic mass is 10.0. The molecule has 0 N–H and O–H groups in total. The molecule has 0 bridgehead atoms. The Hall–Kier alpha value is -3.62. The maximum absolute atomic E-state index is 13.1. The number of carbonyl (C=O) groups is 1. The average molecular weight is 413 g/mol. The van der Waals surface area contributed by atoms with E-state index >= 15 is 0 Å². The lowest BCUT2D eigenvalue weighted by molar-refractivity contribution is 0.207. The Labute approximate surface area is 180 Å². The van der Waals surface area contributed by atoms with Gasteiger partial charge < -0.3 is 9.47 Å². The van der Waals surface area contributed by atoms with E-state index in [2.05, 4.69) is 5.92 Å². The standard InChI is InChI=1S/C25H19NO3S/c1-3-18-16-24(30-21-12-8-5-9-13-21)22-17-20(28-2)14-15-23(22)26(18)25(27)29-19-10-6-4-7-11-19/h1,4-18H,2H3. The highest BCUT2D eigenvalue weighted by atomic mass is 32.2. The Morgan fingerprint density at radius 3 is 2.37 bits per heavy atom. The normalized spacial score (nSPS) is 14.9. The second-order valence-corrected chi connectivity index (χ2v) is 7.61. The van der Waals surface area contributed by atoms with Crippen molar-refractivity contribution in [1.29, 1.82) is 0 Å². The molecule has 1 atom stereocenters. The molecule has 30 heavy (non-hydrogen) atoms. The fourth-order valence-electron chi connectivity index (χ4n) is 3.18. The zero-order chi connectivity index (χ0) is 20.9. The highest BCUT2D eigenvalue weighted by molar-refractivity contribution is 8.08. The van der Waals surface area contributed by atoms with Gasteiger partial charge >= 0.3 is 6.09 Å². The Bertz CT molecular complexity index is 1120. The van der Waals surface area contributed by atoms with E-state index in [1.165, 1.54) is 4.90 Å². The SMILES string of the molecule is C#CC1C=C(Sc2ccccc2)c2cc(OC)ccc2N1C(=O)Oc1ccccc1. The van der Waals surface area contributed by atoms with Gasteiger partial charge in [0.15, 0.2) is 0 Å². The molecule has 0 saturated heterocycles. The van der Waals surface area contributed by atoms with Gasteiger partial charge in [0, 0.05) is 15.4 Å². The van der Waals surface area contributed by atoms with Gasteiger partial charge in [0.1, 0.15) is 17.5 Å². The van der Waals surface area contributed by atoms with Gasteiger partial charge in [-0.3, -0.25) is 4.90 Å². The third-order valence-electron chi connectivity index (χ3n) is 4.60. The zero-order valence-electron chi connectivity index (χ0n) is 16.3. The first-order valence-electron chi connectivity index (χ1n) is 9.35. The number of anilines is 1. The number of amides is 1. The maximum Gasteiger partial charge on any atom is 0.421 e. The molecule has 4 rings (SSSR count). The van der Waals surface area contributed by atoms with Crippen molar-refractivity contribution < 1.29 is 14.3 Å². The number of terminal acetylenes is 1. The average Bonchev–Trinajstić information content (AvgIpc) is 2.79. The summed E-state index contributed by atoms with van der Waals surface area (Å²) < 4.78 is 11.0. The summed E-state index contributed by atoms with van der Waals surface area (Å²) in [6, 6.07) is 23.9. The van der Waals surface area contributed by atoms with Crippen molar-refractivity contribution >= 4 is 28.4 Å². The van der Waals surface area contributed by atoms with Crippen LogP contribution in [0.5, 0.6) is 11.5 Å². The maximum atomic E-state index is 13.1. The van der Waals surface area contributed by atoms with Gasteiger partial charge in [-0.1, -0.05) is 54.1 Å². The van der Waals surface area contributed by atoms with Crippen LogP contribution >= 0.6 is 11.8 Å². The van der Waals surface area contributed by atoms with Crippen LogP contribution in [0.4, 0.5) is 10.5 Å². The second-order valence-electron chi connectivity index (χ2n) is 6.49. The summed E-state index contributed by atoms with van der Waals surface area (Å²) in [6.07, 6.45) is 7.19. The minimum absolute atomic E-state index is 0.460. The number of thioether (sulfide) groups is 1. The number of hydrogen-bond donors (Lipinski definition) is 0. The molecule has 1 amide bonds. The molecule has 148 valence electrons. The van der Waals surface area contributed by atoms with Crippen LogP contribution in [0.3, 0.4) is 0 Å². The molecule has 0 aliphatic carbocycles.